The number of aromatic hydroxyl groups is 1. The van der Waals surface area contributed by atoms with Crippen molar-refractivity contribution in [1.82, 2.24) is 4.98 Å². The van der Waals surface area contributed by atoms with Crippen LogP contribution in [-0.2, 0) is 0 Å². The minimum atomic E-state index is 0.221. The summed E-state index contributed by atoms with van der Waals surface area (Å²) in [4.78, 5) is 6.17. The van der Waals surface area contributed by atoms with Crippen molar-refractivity contribution < 1.29 is 5.11 Å². The lowest BCUT2D eigenvalue weighted by Crippen LogP contribution is -2.22. The fourth-order valence-corrected chi connectivity index (χ4v) is 1.85. The van der Waals surface area contributed by atoms with Gasteiger partial charge in [-0.1, -0.05) is 0 Å². The number of hydrogen-bond donors (Lipinski definition) is 2. The first-order valence-corrected chi connectivity index (χ1v) is 4.88. The van der Waals surface area contributed by atoms with Crippen LogP contribution in [0.1, 0.15) is 6.42 Å². The molecule has 1 aromatic heterocycles. The van der Waals surface area contributed by atoms with Gasteiger partial charge in [0.25, 0.3) is 0 Å². The van der Waals surface area contributed by atoms with Crippen LogP contribution in [0.5, 0.6) is 5.75 Å². The Kier molecular flexibility index (Phi) is 2.54. The Morgan fingerprint density at radius 1 is 1.57 bits per heavy atom. The third kappa shape index (κ3) is 1.80. The van der Waals surface area contributed by atoms with Gasteiger partial charge in [-0.3, -0.25) is 4.98 Å². The monoisotopic (exact) mass is 193 g/mol. The van der Waals surface area contributed by atoms with Gasteiger partial charge in [-0.05, 0) is 18.9 Å². The van der Waals surface area contributed by atoms with Gasteiger partial charge in [0.2, 0.25) is 0 Å². The van der Waals surface area contributed by atoms with Gasteiger partial charge in [0.15, 0.2) is 0 Å². The number of anilines is 1. The highest BCUT2D eigenvalue weighted by atomic mass is 16.3. The molecule has 2 rings (SSSR count). The number of nitrogens with two attached hydrogens (primary N) is 1. The van der Waals surface area contributed by atoms with Crippen molar-refractivity contribution in [3.05, 3.63) is 18.5 Å². The number of aromatic nitrogens is 1. The molecule has 76 valence electrons. The molecule has 4 heteroatoms. The molecule has 1 unspecified atom stereocenters. The van der Waals surface area contributed by atoms with E-state index in [-0.39, 0.29) is 5.75 Å². The van der Waals surface area contributed by atoms with E-state index in [1.807, 2.05) is 0 Å². The highest BCUT2D eigenvalue weighted by molar-refractivity contribution is 5.48. The van der Waals surface area contributed by atoms with Gasteiger partial charge in [-0.25, -0.2) is 0 Å². The second-order valence-electron chi connectivity index (χ2n) is 3.74. The summed E-state index contributed by atoms with van der Waals surface area (Å²) in [6, 6.07) is 1.74. The normalized spacial score (nSPS) is 21.5. The van der Waals surface area contributed by atoms with Crippen molar-refractivity contribution in [3.63, 3.8) is 0 Å². The number of nitrogens with zero attached hydrogens (tertiary/aromatic N) is 2. The lowest BCUT2D eigenvalue weighted by molar-refractivity contribution is 0.472. The molecular formula is C10H15N3O. The molecule has 14 heavy (non-hydrogen) atoms. The van der Waals surface area contributed by atoms with Crippen molar-refractivity contribution in [1.29, 1.82) is 0 Å². The molecule has 1 atom stereocenters. The van der Waals surface area contributed by atoms with Crippen molar-refractivity contribution in [2.24, 2.45) is 11.7 Å². The molecule has 0 aliphatic carbocycles. The molecule has 1 saturated heterocycles. The van der Waals surface area contributed by atoms with E-state index < -0.39 is 0 Å². The van der Waals surface area contributed by atoms with Crippen molar-refractivity contribution in [2.75, 3.05) is 24.5 Å². The third-order valence-electron chi connectivity index (χ3n) is 2.69. The van der Waals surface area contributed by atoms with Crippen LogP contribution in [-0.4, -0.2) is 29.7 Å². The molecule has 0 amide bonds. The van der Waals surface area contributed by atoms with Crippen LogP contribution >= 0.6 is 0 Å². The lowest BCUT2D eigenvalue weighted by atomic mass is 10.1. The van der Waals surface area contributed by atoms with Crippen LogP contribution in [0.3, 0.4) is 0 Å². The molecule has 1 aromatic rings. The quantitative estimate of drug-likeness (QED) is 0.721. The zero-order valence-corrected chi connectivity index (χ0v) is 8.06. The van der Waals surface area contributed by atoms with Gasteiger partial charge in [-0.15, -0.1) is 0 Å². The molecule has 4 nitrogen and oxygen atoms in total. The summed E-state index contributed by atoms with van der Waals surface area (Å²) in [7, 11) is 0. The largest absolute Gasteiger partial charge is 0.506 e. The zero-order valence-electron chi connectivity index (χ0n) is 8.06. The smallest absolute Gasteiger partial charge is 0.135 e. The maximum Gasteiger partial charge on any atom is 0.135 e. The van der Waals surface area contributed by atoms with E-state index in [4.69, 9.17) is 5.73 Å². The molecule has 1 fully saturated rings. The average molecular weight is 193 g/mol. The number of rotatable bonds is 2. The van der Waals surface area contributed by atoms with Crippen LogP contribution in [0, 0.1) is 5.92 Å². The minimum Gasteiger partial charge on any atom is -0.506 e. The molecule has 0 radical (unpaired) electrons. The molecular weight excluding hydrogens is 178 g/mol. The predicted octanol–water partition coefficient (Wildman–Crippen LogP) is 0.572. The summed E-state index contributed by atoms with van der Waals surface area (Å²) in [5, 5.41) is 9.28. The first-order chi connectivity index (χ1) is 6.79. The van der Waals surface area contributed by atoms with Crippen LogP contribution in [0.25, 0.3) is 0 Å². The maximum absolute atomic E-state index is 9.28. The summed E-state index contributed by atoms with van der Waals surface area (Å²) >= 11 is 0. The molecule has 0 spiro atoms. The second-order valence-corrected chi connectivity index (χ2v) is 3.74. The van der Waals surface area contributed by atoms with Gasteiger partial charge in [0.05, 0.1) is 18.1 Å². The van der Waals surface area contributed by atoms with Gasteiger partial charge < -0.3 is 15.7 Å². The van der Waals surface area contributed by atoms with E-state index in [1.165, 1.54) is 6.20 Å². The van der Waals surface area contributed by atoms with E-state index in [2.05, 4.69) is 9.88 Å². The van der Waals surface area contributed by atoms with E-state index in [0.717, 1.165) is 31.7 Å². The highest BCUT2D eigenvalue weighted by Gasteiger charge is 2.21. The van der Waals surface area contributed by atoms with E-state index in [9.17, 15) is 5.11 Å². The van der Waals surface area contributed by atoms with Crippen molar-refractivity contribution in [2.45, 2.75) is 6.42 Å². The van der Waals surface area contributed by atoms with Gasteiger partial charge in [0.1, 0.15) is 5.75 Å². The molecule has 0 saturated carbocycles. The van der Waals surface area contributed by atoms with Crippen LogP contribution in [0.15, 0.2) is 18.5 Å². The van der Waals surface area contributed by atoms with Crippen LogP contribution in [0.2, 0.25) is 0 Å². The summed E-state index contributed by atoms with van der Waals surface area (Å²) in [6.07, 6.45) is 4.35. The van der Waals surface area contributed by atoms with E-state index in [0.29, 0.717) is 5.92 Å². The van der Waals surface area contributed by atoms with E-state index >= 15 is 0 Å². The number of hydrogen-bond acceptors (Lipinski definition) is 4. The Morgan fingerprint density at radius 3 is 3.07 bits per heavy atom. The summed E-state index contributed by atoms with van der Waals surface area (Å²) in [5.41, 5.74) is 6.60. The summed E-state index contributed by atoms with van der Waals surface area (Å²) < 4.78 is 0. The molecule has 2 heterocycles. The Balaban J connectivity index is 2.09. The molecule has 0 bridgehead atoms. The predicted molar refractivity (Wildman–Crippen MR) is 55.3 cm³/mol. The maximum atomic E-state index is 9.28. The average Bonchev–Trinajstić information content (AvgIpc) is 2.66. The molecule has 0 aromatic carbocycles. The lowest BCUT2D eigenvalue weighted by Gasteiger charge is -2.17. The SMILES string of the molecule is NCC1CCN(c2cncc(O)c2)C1. The first-order valence-electron chi connectivity index (χ1n) is 4.88. The van der Waals surface area contributed by atoms with E-state index in [1.54, 1.807) is 12.3 Å². The fourth-order valence-electron chi connectivity index (χ4n) is 1.85. The van der Waals surface area contributed by atoms with Crippen LogP contribution < -0.4 is 10.6 Å². The minimum absolute atomic E-state index is 0.221. The van der Waals surface area contributed by atoms with Crippen LogP contribution in [0.4, 0.5) is 5.69 Å². The second kappa shape index (κ2) is 3.84. The Labute approximate surface area is 83.4 Å². The standard InChI is InChI=1S/C10H15N3O/c11-4-8-1-2-13(7-8)9-3-10(14)6-12-5-9/h3,5-6,8,14H,1-2,4,7,11H2. The summed E-state index contributed by atoms with van der Waals surface area (Å²) in [5.74, 6) is 0.802. The summed E-state index contributed by atoms with van der Waals surface area (Å²) in [6.45, 7) is 2.72. The topological polar surface area (TPSA) is 62.4 Å². The van der Waals surface area contributed by atoms with Gasteiger partial charge >= 0.3 is 0 Å². The van der Waals surface area contributed by atoms with Crippen molar-refractivity contribution in [3.8, 4) is 5.75 Å². The Hall–Kier alpha value is -1.29. The Bertz CT molecular complexity index is 316. The fraction of sp³-hybridized carbons (Fsp3) is 0.500. The molecule has 1 aliphatic heterocycles. The highest BCUT2D eigenvalue weighted by Crippen LogP contribution is 2.24. The zero-order chi connectivity index (χ0) is 9.97. The van der Waals surface area contributed by atoms with Gasteiger partial charge in [0, 0.05) is 19.2 Å². The van der Waals surface area contributed by atoms with Crippen molar-refractivity contribution >= 4 is 5.69 Å². The first kappa shape index (κ1) is 9.27. The van der Waals surface area contributed by atoms with Gasteiger partial charge in [-0.2, -0.15) is 0 Å². The third-order valence-corrected chi connectivity index (χ3v) is 2.69. The Morgan fingerprint density at radius 2 is 2.43 bits per heavy atom. The molecule has 3 N–H and O–H groups in total. The molecule has 1 aliphatic rings. The number of pyridine rings is 1.